The van der Waals surface area contributed by atoms with Crippen molar-refractivity contribution in [3.63, 3.8) is 0 Å². The molecule has 0 spiro atoms. The van der Waals surface area contributed by atoms with E-state index in [1.165, 1.54) is 11.1 Å². The fourth-order valence-electron chi connectivity index (χ4n) is 1.38. The molecule has 0 aliphatic rings. The quantitative estimate of drug-likeness (QED) is 0.541. The van der Waals surface area contributed by atoms with Crippen molar-refractivity contribution in [1.82, 2.24) is 0 Å². The monoisotopic (exact) mass is 202 g/mol. The molecule has 0 aliphatic heterocycles. The van der Waals surface area contributed by atoms with Crippen LogP contribution in [0.5, 0.6) is 0 Å². The molecular weight excluding hydrogens is 184 g/mol. The number of hydrogen-bond donors (Lipinski definition) is 0. The fourth-order valence-corrected chi connectivity index (χ4v) is 1.38. The molecule has 0 heterocycles. The summed E-state index contributed by atoms with van der Waals surface area (Å²) in [5.41, 5.74) is 4.49. The molecule has 0 atom stereocenters. The van der Waals surface area contributed by atoms with Crippen molar-refractivity contribution in [1.29, 1.82) is 0 Å². The third-order valence-corrected chi connectivity index (χ3v) is 2.67. The zero-order chi connectivity index (χ0) is 11.4. The minimum Gasteiger partial charge on any atom is -0.298 e. The molecule has 1 nitrogen and oxygen atoms in total. The second kappa shape index (κ2) is 4.92. The molecule has 0 N–H and O–H groups in total. The first kappa shape index (κ1) is 11.7. The zero-order valence-corrected chi connectivity index (χ0v) is 9.87. The predicted octanol–water partition coefficient (Wildman–Crippen LogP) is 3.54. The molecule has 0 radical (unpaired) electrons. The molecule has 1 heteroatoms. The molecule has 0 unspecified atom stereocenters. The van der Waals surface area contributed by atoms with E-state index >= 15 is 0 Å². The van der Waals surface area contributed by atoms with E-state index in [9.17, 15) is 4.79 Å². The lowest BCUT2D eigenvalue weighted by molar-refractivity contribution is -0.105. The Hall–Kier alpha value is -1.37. The molecule has 0 aromatic heterocycles. The van der Waals surface area contributed by atoms with Gasteiger partial charge < -0.3 is 0 Å². The van der Waals surface area contributed by atoms with E-state index in [0.717, 1.165) is 17.4 Å². The number of aldehydes is 1. The number of carbonyl (C=O) groups is 1. The summed E-state index contributed by atoms with van der Waals surface area (Å²) in [4.78, 5) is 10.8. The number of benzene rings is 1. The molecule has 0 aliphatic carbocycles. The smallest absolute Gasteiger partial charge is 0.146 e. The molecule has 0 amide bonds. The van der Waals surface area contributed by atoms with Crippen LogP contribution in [0.15, 0.2) is 23.8 Å². The minimum absolute atomic E-state index is 0.282. The Bertz CT molecular complexity index is 386. The Kier molecular flexibility index (Phi) is 3.84. The van der Waals surface area contributed by atoms with Gasteiger partial charge in [-0.25, -0.2) is 0 Å². The van der Waals surface area contributed by atoms with Crippen molar-refractivity contribution in [3.8, 4) is 0 Å². The SMILES string of the molecule is Cc1ccc(/C=C(\C=O)C(C)C)cc1C. The molecule has 0 fully saturated rings. The van der Waals surface area contributed by atoms with Crippen LogP contribution in [-0.4, -0.2) is 6.29 Å². The summed E-state index contributed by atoms with van der Waals surface area (Å²) >= 11 is 0. The van der Waals surface area contributed by atoms with Gasteiger partial charge in [-0.05, 0) is 48.1 Å². The van der Waals surface area contributed by atoms with Crippen molar-refractivity contribution < 1.29 is 4.79 Å². The Morgan fingerprint density at radius 1 is 1.20 bits per heavy atom. The number of allylic oxidation sites excluding steroid dienone is 1. The molecule has 1 aromatic rings. The maximum atomic E-state index is 10.8. The summed E-state index contributed by atoms with van der Waals surface area (Å²) in [5.74, 6) is 0.282. The van der Waals surface area contributed by atoms with E-state index in [0.29, 0.717) is 0 Å². The Balaban J connectivity index is 3.07. The van der Waals surface area contributed by atoms with Gasteiger partial charge in [0, 0.05) is 0 Å². The van der Waals surface area contributed by atoms with Gasteiger partial charge in [-0.3, -0.25) is 4.79 Å². The summed E-state index contributed by atoms with van der Waals surface area (Å²) in [6, 6.07) is 6.25. The van der Waals surface area contributed by atoms with Crippen molar-refractivity contribution in [3.05, 3.63) is 40.5 Å². The third-order valence-electron chi connectivity index (χ3n) is 2.67. The van der Waals surface area contributed by atoms with E-state index in [4.69, 9.17) is 0 Å². The molecule has 1 aromatic carbocycles. The number of carbonyl (C=O) groups excluding carboxylic acids is 1. The van der Waals surface area contributed by atoms with Crippen molar-refractivity contribution in [2.45, 2.75) is 27.7 Å². The molecule has 0 saturated heterocycles. The van der Waals surface area contributed by atoms with Crippen LogP contribution in [0.4, 0.5) is 0 Å². The van der Waals surface area contributed by atoms with Gasteiger partial charge in [0.05, 0.1) is 0 Å². The van der Waals surface area contributed by atoms with Crippen molar-refractivity contribution in [2.75, 3.05) is 0 Å². The molecule has 80 valence electrons. The largest absolute Gasteiger partial charge is 0.298 e. The normalized spacial score (nSPS) is 11.9. The topological polar surface area (TPSA) is 17.1 Å². The predicted molar refractivity (Wildman–Crippen MR) is 64.8 cm³/mol. The highest BCUT2D eigenvalue weighted by atomic mass is 16.1. The Morgan fingerprint density at radius 3 is 2.33 bits per heavy atom. The third kappa shape index (κ3) is 3.05. The van der Waals surface area contributed by atoms with Crippen LogP contribution >= 0.6 is 0 Å². The molecule has 1 rings (SSSR count). The number of aryl methyl sites for hydroxylation is 2. The van der Waals surface area contributed by atoms with E-state index < -0.39 is 0 Å². The first-order valence-corrected chi connectivity index (χ1v) is 5.28. The molecule has 15 heavy (non-hydrogen) atoms. The van der Waals surface area contributed by atoms with Crippen LogP contribution in [0.3, 0.4) is 0 Å². The van der Waals surface area contributed by atoms with E-state index in [1.54, 1.807) is 0 Å². The first-order chi connectivity index (χ1) is 7.04. The van der Waals surface area contributed by atoms with Gasteiger partial charge in [0.2, 0.25) is 0 Å². The van der Waals surface area contributed by atoms with Crippen molar-refractivity contribution >= 4 is 12.4 Å². The molecule has 0 bridgehead atoms. The Labute approximate surface area is 91.8 Å². The summed E-state index contributed by atoms with van der Waals surface area (Å²) in [7, 11) is 0. The van der Waals surface area contributed by atoms with Crippen LogP contribution in [0.1, 0.15) is 30.5 Å². The minimum atomic E-state index is 0.282. The van der Waals surface area contributed by atoms with Gasteiger partial charge in [0.15, 0.2) is 0 Å². The average Bonchev–Trinajstić information content (AvgIpc) is 2.19. The number of hydrogen-bond acceptors (Lipinski definition) is 1. The van der Waals surface area contributed by atoms with Crippen LogP contribution in [0.25, 0.3) is 6.08 Å². The second-order valence-electron chi connectivity index (χ2n) is 4.26. The van der Waals surface area contributed by atoms with Gasteiger partial charge in [-0.2, -0.15) is 0 Å². The second-order valence-corrected chi connectivity index (χ2v) is 4.26. The Morgan fingerprint density at radius 2 is 1.87 bits per heavy atom. The van der Waals surface area contributed by atoms with Crippen LogP contribution in [0.2, 0.25) is 0 Å². The van der Waals surface area contributed by atoms with Gasteiger partial charge >= 0.3 is 0 Å². The van der Waals surface area contributed by atoms with Crippen LogP contribution in [0, 0.1) is 19.8 Å². The van der Waals surface area contributed by atoms with E-state index in [-0.39, 0.29) is 5.92 Å². The van der Waals surface area contributed by atoms with Gasteiger partial charge in [-0.15, -0.1) is 0 Å². The highest BCUT2D eigenvalue weighted by molar-refractivity contribution is 5.82. The summed E-state index contributed by atoms with van der Waals surface area (Å²) < 4.78 is 0. The lowest BCUT2D eigenvalue weighted by Crippen LogP contribution is -1.95. The summed E-state index contributed by atoms with van der Waals surface area (Å²) in [6.07, 6.45) is 2.91. The standard InChI is InChI=1S/C14H18O/c1-10(2)14(9-15)8-13-6-5-11(3)12(4)7-13/h5-10H,1-4H3/b14-8+. The molecular formula is C14H18O. The number of rotatable bonds is 3. The first-order valence-electron chi connectivity index (χ1n) is 5.28. The maximum Gasteiger partial charge on any atom is 0.146 e. The maximum absolute atomic E-state index is 10.8. The molecule has 0 saturated carbocycles. The van der Waals surface area contributed by atoms with Gasteiger partial charge in [0.25, 0.3) is 0 Å². The zero-order valence-electron chi connectivity index (χ0n) is 9.87. The summed E-state index contributed by atoms with van der Waals surface area (Å²) in [6.45, 7) is 8.23. The van der Waals surface area contributed by atoms with Crippen LogP contribution in [-0.2, 0) is 4.79 Å². The van der Waals surface area contributed by atoms with Gasteiger partial charge in [0.1, 0.15) is 6.29 Å². The average molecular weight is 202 g/mol. The van der Waals surface area contributed by atoms with Crippen molar-refractivity contribution in [2.24, 2.45) is 5.92 Å². The lowest BCUT2D eigenvalue weighted by atomic mass is 9.99. The van der Waals surface area contributed by atoms with E-state index in [1.807, 2.05) is 26.0 Å². The van der Waals surface area contributed by atoms with E-state index in [2.05, 4.69) is 26.0 Å². The lowest BCUT2D eigenvalue weighted by Gasteiger charge is -2.05. The summed E-state index contributed by atoms with van der Waals surface area (Å²) in [5, 5.41) is 0. The van der Waals surface area contributed by atoms with Crippen LogP contribution < -0.4 is 0 Å². The highest BCUT2D eigenvalue weighted by Gasteiger charge is 2.02. The van der Waals surface area contributed by atoms with Gasteiger partial charge in [-0.1, -0.05) is 32.0 Å². The fraction of sp³-hybridized carbons (Fsp3) is 0.357. The highest BCUT2D eigenvalue weighted by Crippen LogP contribution is 2.15.